The molecular formula is C18H16ClNO4. The van der Waals surface area contributed by atoms with Crippen molar-refractivity contribution in [1.82, 2.24) is 0 Å². The molecule has 0 saturated heterocycles. The van der Waals surface area contributed by atoms with E-state index in [1.807, 2.05) is 0 Å². The molecule has 5 nitrogen and oxygen atoms in total. The highest BCUT2D eigenvalue weighted by Gasteiger charge is 2.07. The van der Waals surface area contributed by atoms with E-state index in [1.165, 1.54) is 6.08 Å². The number of hydrogen-bond donors (Lipinski definition) is 1. The number of amides is 1. The van der Waals surface area contributed by atoms with Gasteiger partial charge in [-0.2, -0.15) is 0 Å². The monoisotopic (exact) mass is 345 g/mol. The van der Waals surface area contributed by atoms with Gasteiger partial charge in [-0.3, -0.25) is 4.79 Å². The van der Waals surface area contributed by atoms with Crippen LogP contribution in [0.5, 0.6) is 5.75 Å². The first-order valence-corrected chi connectivity index (χ1v) is 7.49. The summed E-state index contributed by atoms with van der Waals surface area (Å²) in [6, 6.07) is 14.0. The van der Waals surface area contributed by atoms with Crippen LogP contribution < -0.4 is 10.1 Å². The van der Waals surface area contributed by atoms with Crippen LogP contribution in [0.25, 0.3) is 6.08 Å². The number of hydrogen-bond acceptors (Lipinski definition) is 4. The van der Waals surface area contributed by atoms with Gasteiger partial charge in [0.1, 0.15) is 5.75 Å². The van der Waals surface area contributed by atoms with Crippen LogP contribution in [0.3, 0.4) is 0 Å². The van der Waals surface area contributed by atoms with Crippen LogP contribution in [0.15, 0.2) is 54.6 Å². The quantitative estimate of drug-likeness (QED) is 0.642. The summed E-state index contributed by atoms with van der Waals surface area (Å²) >= 11 is 5.93. The van der Waals surface area contributed by atoms with E-state index in [0.717, 1.165) is 11.3 Å². The normalized spacial score (nSPS) is 10.4. The molecule has 0 aliphatic carbocycles. The number of rotatable bonds is 6. The third-order valence-corrected chi connectivity index (χ3v) is 3.35. The maximum atomic E-state index is 11.7. The summed E-state index contributed by atoms with van der Waals surface area (Å²) in [6.45, 7) is -0.392. The summed E-state index contributed by atoms with van der Waals surface area (Å²) in [4.78, 5) is 23.4. The number of anilines is 1. The molecule has 0 aliphatic heterocycles. The topological polar surface area (TPSA) is 64.6 Å². The summed E-state index contributed by atoms with van der Waals surface area (Å²) in [5.41, 5.74) is 1.28. The minimum Gasteiger partial charge on any atom is -0.497 e. The van der Waals surface area contributed by atoms with E-state index in [4.69, 9.17) is 21.1 Å². The molecule has 2 aromatic carbocycles. The molecule has 0 radical (unpaired) electrons. The molecule has 0 atom stereocenters. The van der Waals surface area contributed by atoms with E-state index >= 15 is 0 Å². The molecule has 2 aromatic rings. The van der Waals surface area contributed by atoms with E-state index in [2.05, 4.69) is 5.32 Å². The van der Waals surface area contributed by atoms with Crippen LogP contribution in [-0.4, -0.2) is 25.6 Å². The van der Waals surface area contributed by atoms with Crippen molar-refractivity contribution in [3.8, 4) is 5.75 Å². The average Bonchev–Trinajstić information content (AvgIpc) is 2.60. The van der Waals surface area contributed by atoms with E-state index < -0.39 is 18.5 Å². The van der Waals surface area contributed by atoms with Crippen molar-refractivity contribution in [1.29, 1.82) is 0 Å². The van der Waals surface area contributed by atoms with Gasteiger partial charge in [0.15, 0.2) is 6.61 Å². The maximum absolute atomic E-state index is 11.7. The first-order chi connectivity index (χ1) is 11.6. The van der Waals surface area contributed by atoms with Crippen LogP contribution in [-0.2, 0) is 14.3 Å². The SMILES string of the molecule is COc1ccc(/C=C/C(=O)OCC(=O)Nc2ccccc2Cl)cc1. The number of para-hydroxylation sites is 1. The largest absolute Gasteiger partial charge is 0.497 e. The second-order valence-electron chi connectivity index (χ2n) is 4.74. The van der Waals surface area contributed by atoms with E-state index in [9.17, 15) is 9.59 Å². The van der Waals surface area contributed by atoms with Crippen molar-refractivity contribution >= 4 is 35.2 Å². The van der Waals surface area contributed by atoms with Crippen molar-refractivity contribution in [3.05, 3.63) is 65.2 Å². The minimum absolute atomic E-state index is 0.392. The van der Waals surface area contributed by atoms with Crippen LogP contribution in [0, 0.1) is 0 Å². The summed E-state index contributed by atoms with van der Waals surface area (Å²) in [7, 11) is 1.58. The van der Waals surface area contributed by atoms with Gasteiger partial charge in [-0.1, -0.05) is 35.9 Å². The van der Waals surface area contributed by atoms with Gasteiger partial charge in [0.2, 0.25) is 0 Å². The lowest BCUT2D eigenvalue weighted by Gasteiger charge is -2.06. The highest BCUT2D eigenvalue weighted by molar-refractivity contribution is 6.33. The summed E-state index contributed by atoms with van der Waals surface area (Å²) < 4.78 is 9.92. The maximum Gasteiger partial charge on any atom is 0.331 e. The fraction of sp³-hybridized carbons (Fsp3) is 0.111. The van der Waals surface area contributed by atoms with Gasteiger partial charge in [0.05, 0.1) is 17.8 Å². The third kappa shape index (κ3) is 5.44. The van der Waals surface area contributed by atoms with Crippen LogP contribution in [0.1, 0.15) is 5.56 Å². The van der Waals surface area contributed by atoms with Crippen molar-refractivity contribution < 1.29 is 19.1 Å². The van der Waals surface area contributed by atoms with Crippen molar-refractivity contribution in [2.24, 2.45) is 0 Å². The molecule has 0 bridgehead atoms. The smallest absolute Gasteiger partial charge is 0.331 e. The van der Waals surface area contributed by atoms with Crippen molar-refractivity contribution in [3.63, 3.8) is 0 Å². The number of nitrogens with one attached hydrogen (secondary N) is 1. The van der Waals surface area contributed by atoms with Gasteiger partial charge in [0.25, 0.3) is 5.91 Å². The molecule has 0 fully saturated rings. The number of halogens is 1. The third-order valence-electron chi connectivity index (χ3n) is 3.02. The van der Waals surface area contributed by atoms with Crippen molar-refractivity contribution in [2.45, 2.75) is 0 Å². The molecule has 124 valence electrons. The summed E-state index contributed by atoms with van der Waals surface area (Å²) in [5, 5.41) is 2.98. The van der Waals surface area contributed by atoms with Gasteiger partial charge in [0, 0.05) is 6.08 Å². The highest BCUT2D eigenvalue weighted by Crippen LogP contribution is 2.20. The highest BCUT2D eigenvalue weighted by atomic mass is 35.5. The molecule has 0 aromatic heterocycles. The lowest BCUT2D eigenvalue weighted by molar-refractivity contribution is -0.142. The molecule has 1 amide bonds. The summed E-state index contributed by atoms with van der Waals surface area (Å²) in [5.74, 6) is -0.347. The Hall–Kier alpha value is -2.79. The number of ether oxygens (including phenoxy) is 2. The van der Waals surface area contributed by atoms with Crippen LogP contribution in [0.2, 0.25) is 5.02 Å². The molecule has 0 aliphatic rings. The fourth-order valence-electron chi connectivity index (χ4n) is 1.81. The predicted octanol–water partition coefficient (Wildman–Crippen LogP) is 3.54. The first-order valence-electron chi connectivity index (χ1n) is 7.12. The molecule has 0 spiro atoms. The molecule has 6 heteroatoms. The second-order valence-corrected chi connectivity index (χ2v) is 5.15. The van der Waals surface area contributed by atoms with Gasteiger partial charge >= 0.3 is 5.97 Å². The molecular weight excluding hydrogens is 330 g/mol. The first kappa shape index (κ1) is 17.6. The van der Waals surface area contributed by atoms with Gasteiger partial charge < -0.3 is 14.8 Å². The zero-order valence-electron chi connectivity index (χ0n) is 13.0. The molecule has 24 heavy (non-hydrogen) atoms. The Morgan fingerprint density at radius 3 is 2.50 bits per heavy atom. The number of esters is 1. The van der Waals surface area contributed by atoms with Crippen molar-refractivity contribution in [2.75, 3.05) is 19.0 Å². The fourth-order valence-corrected chi connectivity index (χ4v) is 2.00. The van der Waals surface area contributed by atoms with Crippen LogP contribution in [0.4, 0.5) is 5.69 Å². The molecule has 1 N–H and O–H groups in total. The Labute approximate surface area is 144 Å². The number of methoxy groups -OCH3 is 1. The number of carbonyl (C=O) groups is 2. The number of carbonyl (C=O) groups excluding carboxylic acids is 2. The predicted molar refractivity (Wildman–Crippen MR) is 93.1 cm³/mol. The lowest BCUT2D eigenvalue weighted by Crippen LogP contribution is -2.20. The molecule has 0 saturated carbocycles. The van der Waals surface area contributed by atoms with Gasteiger partial charge in [-0.15, -0.1) is 0 Å². The second kappa shape index (κ2) is 8.74. The van der Waals surface area contributed by atoms with Gasteiger partial charge in [-0.25, -0.2) is 4.79 Å². The van der Waals surface area contributed by atoms with Gasteiger partial charge in [-0.05, 0) is 35.9 Å². The Morgan fingerprint density at radius 1 is 1.12 bits per heavy atom. The Balaban J connectivity index is 1.80. The zero-order chi connectivity index (χ0) is 17.4. The summed E-state index contributed by atoms with van der Waals surface area (Å²) in [6.07, 6.45) is 2.85. The van der Waals surface area contributed by atoms with E-state index in [0.29, 0.717) is 10.7 Å². The number of benzene rings is 2. The minimum atomic E-state index is -0.611. The molecule has 2 rings (SSSR count). The lowest BCUT2D eigenvalue weighted by atomic mass is 10.2. The zero-order valence-corrected chi connectivity index (χ0v) is 13.7. The molecule has 0 heterocycles. The van der Waals surface area contributed by atoms with E-state index in [1.54, 1.807) is 61.7 Å². The van der Waals surface area contributed by atoms with Crippen LogP contribution >= 0.6 is 11.6 Å². The average molecular weight is 346 g/mol. The standard InChI is InChI=1S/C18H16ClNO4/c1-23-14-9-6-13(7-10-14)8-11-18(22)24-12-17(21)20-16-5-3-2-4-15(16)19/h2-11H,12H2,1H3,(H,20,21)/b11-8+. The van der Waals surface area contributed by atoms with E-state index in [-0.39, 0.29) is 0 Å². The Morgan fingerprint density at radius 2 is 1.83 bits per heavy atom. The molecule has 0 unspecified atom stereocenters. The Bertz CT molecular complexity index is 741. The Kier molecular flexibility index (Phi) is 6.40.